The topological polar surface area (TPSA) is 114 Å². The van der Waals surface area contributed by atoms with Crippen LogP contribution in [0.1, 0.15) is 6.92 Å². The van der Waals surface area contributed by atoms with E-state index in [1.807, 2.05) is 9.97 Å². The van der Waals surface area contributed by atoms with Crippen LogP contribution in [0.4, 0.5) is 0 Å². The Morgan fingerprint density at radius 3 is 2.41 bits per heavy atom. The number of nitrogens with zero attached hydrogens (tertiary/aromatic N) is 1. The Kier molecular flexibility index (Phi) is 4.21. The minimum Gasteiger partial charge on any atom is -0.461 e. The molecule has 8 nitrogen and oxygen atoms in total. The first-order chi connectivity index (χ1) is 8.04. The average molecular weight is 241 g/mol. The van der Waals surface area contributed by atoms with Gasteiger partial charge in [0.15, 0.2) is 0 Å². The fourth-order valence-electron chi connectivity index (χ4n) is 1.08. The number of H-pyrrole nitrogens is 2. The first-order valence-corrected chi connectivity index (χ1v) is 4.77. The van der Waals surface area contributed by atoms with Crippen molar-refractivity contribution in [1.29, 1.82) is 0 Å². The Bertz CT molecular complexity index is 557. The normalized spacial score (nSPS) is 10.6. The number of esters is 1. The molecule has 0 saturated heterocycles. The van der Waals surface area contributed by atoms with Gasteiger partial charge in [-0.1, -0.05) is 6.08 Å². The Labute approximate surface area is 94.6 Å². The van der Waals surface area contributed by atoms with Gasteiger partial charge in [0, 0.05) is 6.08 Å². The highest BCUT2D eigenvalue weighted by Gasteiger charge is 2.03. The molecule has 8 heteroatoms. The second-order valence-electron chi connectivity index (χ2n) is 3.01. The summed E-state index contributed by atoms with van der Waals surface area (Å²) in [5.41, 5.74) is -2.57. The smallest absolute Gasteiger partial charge is 0.333 e. The Balaban J connectivity index is 2.71. The lowest BCUT2D eigenvalue weighted by Crippen LogP contribution is -2.43. The van der Waals surface area contributed by atoms with Gasteiger partial charge in [-0.05, 0) is 6.92 Å². The molecule has 0 aliphatic heterocycles. The molecular weight excluding hydrogens is 230 g/mol. The van der Waals surface area contributed by atoms with Crippen LogP contribution in [-0.4, -0.2) is 27.1 Å². The third-order valence-electron chi connectivity index (χ3n) is 1.79. The number of hydrogen-bond donors (Lipinski definition) is 2. The summed E-state index contributed by atoms with van der Waals surface area (Å²) < 4.78 is 5.42. The van der Waals surface area contributed by atoms with E-state index in [9.17, 15) is 19.2 Å². The molecule has 0 aliphatic rings. The van der Waals surface area contributed by atoms with Crippen LogP contribution < -0.4 is 17.1 Å². The summed E-state index contributed by atoms with van der Waals surface area (Å²) in [5.74, 6) is -0.568. The molecule has 0 saturated carbocycles. The maximum atomic E-state index is 11.2. The summed E-state index contributed by atoms with van der Waals surface area (Å²) in [6, 6.07) is 0. The van der Waals surface area contributed by atoms with Crippen molar-refractivity contribution in [2.75, 3.05) is 6.61 Å². The van der Waals surface area contributed by atoms with E-state index in [0.717, 1.165) is 4.57 Å². The largest absolute Gasteiger partial charge is 0.461 e. The Morgan fingerprint density at radius 1 is 1.29 bits per heavy atom. The molecule has 2 N–H and O–H groups in total. The van der Waals surface area contributed by atoms with Gasteiger partial charge in [0.1, 0.15) is 6.61 Å². The van der Waals surface area contributed by atoms with E-state index in [4.69, 9.17) is 4.74 Å². The number of nitrogens with one attached hydrogen (secondary N) is 2. The van der Waals surface area contributed by atoms with E-state index in [1.165, 1.54) is 12.2 Å². The molecule has 0 spiro atoms. The zero-order valence-electron chi connectivity index (χ0n) is 9.06. The number of carbonyl (C=O) groups excluding carboxylic acids is 1. The molecule has 92 valence electrons. The van der Waals surface area contributed by atoms with E-state index in [-0.39, 0.29) is 13.2 Å². The van der Waals surface area contributed by atoms with Crippen molar-refractivity contribution in [1.82, 2.24) is 14.5 Å². The van der Waals surface area contributed by atoms with Crippen LogP contribution in [-0.2, 0) is 16.1 Å². The van der Waals surface area contributed by atoms with Gasteiger partial charge in [-0.2, -0.15) is 0 Å². The van der Waals surface area contributed by atoms with Crippen molar-refractivity contribution in [3.63, 3.8) is 0 Å². The second kappa shape index (κ2) is 5.64. The van der Waals surface area contributed by atoms with E-state index in [2.05, 4.69) is 0 Å². The van der Waals surface area contributed by atoms with Gasteiger partial charge < -0.3 is 4.74 Å². The summed E-state index contributed by atoms with van der Waals surface area (Å²) in [5, 5.41) is 0. The third kappa shape index (κ3) is 3.59. The molecule has 1 aromatic rings. The van der Waals surface area contributed by atoms with Crippen molar-refractivity contribution in [3.8, 4) is 0 Å². The third-order valence-corrected chi connectivity index (χ3v) is 1.79. The van der Waals surface area contributed by atoms with Gasteiger partial charge in [0.05, 0.1) is 6.54 Å². The highest BCUT2D eigenvalue weighted by molar-refractivity contribution is 5.81. The molecule has 0 atom stereocenters. The number of allylic oxidation sites excluding steroid dienone is 1. The lowest BCUT2D eigenvalue weighted by atomic mass is 10.5. The molecule has 0 fully saturated rings. The summed E-state index contributed by atoms with van der Waals surface area (Å²) in [6.45, 7) is 1.38. The fraction of sp³-hybridized carbons (Fsp3) is 0.333. The second-order valence-corrected chi connectivity index (χ2v) is 3.01. The van der Waals surface area contributed by atoms with Crippen molar-refractivity contribution >= 4 is 5.97 Å². The molecule has 1 rings (SSSR count). The first-order valence-electron chi connectivity index (χ1n) is 4.77. The molecule has 0 radical (unpaired) electrons. The zero-order valence-corrected chi connectivity index (χ0v) is 9.06. The SMILES string of the molecule is CC=CC(=O)OCCn1c(=O)[nH]c(=O)[nH]c1=O. The van der Waals surface area contributed by atoms with Gasteiger partial charge in [-0.3, -0.25) is 9.97 Å². The summed E-state index contributed by atoms with van der Waals surface area (Å²) in [7, 11) is 0. The minimum atomic E-state index is -0.873. The number of rotatable bonds is 4. The molecule has 17 heavy (non-hydrogen) atoms. The number of aromatic amines is 2. The van der Waals surface area contributed by atoms with Gasteiger partial charge in [-0.25, -0.2) is 23.7 Å². The van der Waals surface area contributed by atoms with Crippen LogP contribution in [0.5, 0.6) is 0 Å². The summed E-state index contributed by atoms with van der Waals surface area (Å²) in [4.78, 5) is 47.8. The quantitative estimate of drug-likeness (QED) is 0.484. The van der Waals surface area contributed by atoms with Crippen molar-refractivity contribution < 1.29 is 9.53 Å². The van der Waals surface area contributed by atoms with Crippen molar-refractivity contribution in [2.45, 2.75) is 13.5 Å². The molecule has 0 aliphatic carbocycles. The van der Waals surface area contributed by atoms with Gasteiger partial charge in [0.25, 0.3) is 0 Å². The van der Waals surface area contributed by atoms with E-state index in [1.54, 1.807) is 6.92 Å². The van der Waals surface area contributed by atoms with E-state index < -0.39 is 23.0 Å². The van der Waals surface area contributed by atoms with Gasteiger partial charge in [0.2, 0.25) is 0 Å². The van der Waals surface area contributed by atoms with Crippen LogP contribution in [0.25, 0.3) is 0 Å². The molecule has 0 bridgehead atoms. The number of hydrogen-bond acceptors (Lipinski definition) is 5. The Hall–Kier alpha value is -2.38. The van der Waals surface area contributed by atoms with Crippen LogP contribution in [0.15, 0.2) is 26.5 Å². The Morgan fingerprint density at radius 2 is 1.88 bits per heavy atom. The maximum absolute atomic E-state index is 11.2. The highest BCUT2D eigenvalue weighted by atomic mass is 16.5. The summed E-state index contributed by atoms with van der Waals surface area (Å²) in [6.07, 6.45) is 2.71. The molecule has 1 heterocycles. The highest BCUT2D eigenvalue weighted by Crippen LogP contribution is 1.82. The lowest BCUT2D eigenvalue weighted by Gasteiger charge is -2.03. The van der Waals surface area contributed by atoms with E-state index in [0.29, 0.717) is 0 Å². The predicted molar refractivity (Wildman–Crippen MR) is 57.7 cm³/mol. The molecule has 0 aromatic carbocycles. The number of ether oxygens (including phenoxy) is 1. The van der Waals surface area contributed by atoms with Crippen LogP contribution in [0, 0.1) is 0 Å². The van der Waals surface area contributed by atoms with Crippen molar-refractivity contribution in [3.05, 3.63) is 43.6 Å². The van der Waals surface area contributed by atoms with Crippen LogP contribution >= 0.6 is 0 Å². The monoisotopic (exact) mass is 241 g/mol. The summed E-state index contributed by atoms with van der Waals surface area (Å²) >= 11 is 0. The molecular formula is C9H11N3O5. The van der Waals surface area contributed by atoms with Crippen LogP contribution in [0.2, 0.25) is 0 Å². The molecule has 1 aromatic heterocycles. The van der Waals surface area contributed by atoms with Crippen LogP contribution in [0.3, 0.4) is 0 Å². The predicted octanol–water partition coefficient (Wildman–Crippen LogP) is -1.66. The van der Waals surface area contributed by atoms with Gasteiger partial charge >= 0.3 is 23.0 Å². The minimum absolute atomic E-state index is 0.131. The maximum Gasteiger partial charge on any atom is 0.333 e. The molecule has 0 amide bonds. The standard InChI is InChI=1S/C9H11N3O5/c1-2-3-6(13)17-5-4-12-8(15)10-7(14)11-9(12)16/h2-3H,4-5H2,1H3,(H2,10,11,14,15,16). The lowest BCUT2D eigenvalue weighted by molar-refractivity contribution is -0.138. The average Bonchev–Trinajstić information content (AvgIpc) is 2.22. The van der Waals surface area contributed by atoms with Crippen molar-refractivity contribution in [2.24, 2.45) is 0 Å². The fourth-order valence-corrected chi connectivity index (χ4v) is 1.08. The first kappa shape index (κ1) is 12.7. The number of aromatic nitrogens is 3. The van der Waals surface area contributed by atoms with Gasteiger partial charge in [-0.15, -0.1) is 0 Å². The number of carbonyl (C=O) groups is 1. The zero-order chi connectivity index (χ0) is 12.8. The molecule has 0 unspecified atom stereocenters. The van der Waals surface area contributed by atoms with E-state index >= 15 is 0 Å².